The standard InChI is InChI=1S/C12H16ClNO3S/c1-18(16,17)7-3-6-14-12(15)11-5-2-4-10(8-11)9-13/h2,4-5,8H,3,6-7,9H2,1H3,(H,14,15). The molecule has 6 heteroatoms. The molecule has 18 heavy (non-hydrogen) atoms. The Labute approximate surface area is 112 Å². The maximum atomic E-state index is 11.7. The smallest absolute Gasteiger partial charge is 0.251 e. The summed E-state index contributed by atoms with van der Waals surface area (Å²) in [4.78, 5) is 11.7. The second-order valence-corrected chi connectivity index (χ2v) is 6.60. The van der Waals surface area contributed by atoms with E-state index in [0.717, 1.165) is 5.56 Å². The Morgan fingerprint density at radius 1 is 1.39 bits per heavy atom. The van der Waals surface area contributed by atoms with E-state index >= 15 is 0 Å². The van der Waals surface area contributed by atoms with Crippen molar-refractivity contribution in [1.82, 2.24) is 5.32 Å². The minimum Gasteiger partial charge on any atom is -0.352 e. The van der Waals surface area contributed by atoms with Crippen LogP contribution in [0, 0.1) is 0 Å². The molecule has 1 rings (SSSR count). The number of carbonyl (C=O) groups is 1. The monoisotopic (exact) mass is 289 g/mol. The van der Waals surface area contributed by atoms with Crippen molar-refractivity contribution in [2.45, 2.75) is 12.3 Å². The van der Waals surface area contributed by atoms with Crippen LogP contribution in [0.3, 0.4) is 0 Å². The molecule has 0 saturated heterocycles. The molecule has 1 amide bonds. The quantitative estimate of drug-likeness (QED) is 0.639. The molecule has 100 valence electrons. The highest BCUT2D eigenvalue weighted by Crippen LogP contribution is 2.07. The van der Waals surface area contributed by atoms with Gasteiger partial charge in [-0.15, -0.1) is 11.6 Å². The predicted molar refractivity (Wildman–Crippen MR) is 72.7 cm³/mol. The molecule has 4 nitrogen and oxygen atoms in total. The number of carbonyl (C=O) groups excluding carboxylic acids is 1. The third-order valence-corrected chi connectivity index (χ3v) is 3.66. The van der Waals surface area contributed by atoms with Crippen LogP contribution in [0.4, 0.5) is 0 Å². The first-order chi connectivity index (χ1) is 8.42. The normalized spacial score (nSPS) is 11.2. The Morgan fingerprint density at radius 2 is 2.11 bits per heavy atom. The number of amides is 1. The SMILES string of the molecule is CS(=O)(=O)CCCNC(=O)c1cccc(CCl)c1. The lowest BCUT2D eigenvalue weighted by atomic mass is 10.1. The molecule has 1 aromatic carbocycles. The molecule has 0 unspecified atom stereocenters. The van der Waals surface area contributed by atoms with Crippen molar-refractivity contribution in [2.24, 2.45) is 0 Å². The summed E-state index contributed by atoms with van der Waals surface area (Å²) < 4.78 is 21.8. The Morgan fingerprint density at radius 3 is 2.72 bits per heavy atom. The molecule has 1 N–H and O–H groups in total. The summed E-state index contributed by atoms with van der Waals surface area (Å²) in [6, 6.07) is 7.03. The van der Waals surface area contributed by atoms with Crippen molar-refractivity contribution < 1.29 is 13.2 Å². The number of hydrogen-bond donors (Lipinski definition) is 1. The maximum Gasteiger partial charge on any atom is 0.251 e. The zero-order chi connectivity index (χ0) is 13.6. The third kappa shape index (κ3) is 5.51. The zero-order valence-corrected chi connectivity index (χ0v) is 11.7. The van der Waals surface area contributed by atoms with Crippen molar-refractivity contribution in [2.75, 3.05) is 18.6 Å². The van der Waals surface area contributed by atoms with Gasteiger partial charge in [-0.3, -0.25) is 4.79 Å². The molecule has 0 radical (unpaired) electrons. The van der Waals surface area contributed by atoms with Gasteiger partial charge in [0.05, 0.1) is 5.75 Å². The zero-order valence-electron chi connectivity index (χ0n) is 10.1. The fourth-order valence-corrected chi connectivity index (χ4v) is 2.27. The lowest BCUT2D eigenvalue weighted by Crippen LogP contribution is -2.25. The fourth-order valence-electron chi connectivity index (χ4n) is 1.43. The van der Waals surface area contributed by atoms with Gasteiger partial charge in [-0.05, 0) is 24.1 Å². The van der Waals surface area contributed by atoms with Gasteiger partial charge in [0.1, 0.15) is 9.84 Å². The van der Waals surface area contributed by atoms with Crippen molar-refractivity contribution >= 4 is 27.3 Å². The van der Waals surface area contributed by atoms with Gasteiger partial charge in [0, 0.05) is 24.2 Å². The highest BCUT2D eigenvalue weighted by Gasteiger charge is 2.06. The van der Waals surface area contributed by atoms with Crippen LogP contribution in [-0.2, 0) is 15.7 Å². The summed E-state index contributed by atoms with van der Waals surface area (Å²) >= 11 is 5.68. The topological polar surface area (TPSA) is 63.2 Å². The van der Waals surface area contributed by atoms with E-state index in [4.69, 9.17) is 11.6 Å². The van der Waals surface area contributed by atoms with Crippen molar-refractivity contribution in [3.05, 3.63) is 35.4 Å². The number of benzene rings is 1. The number of halogens is 1. The Hall–Kier alpha value is -1.07. The van der Waals surface area contributed by atoms with Crippen LogP contribution in [0.25, 0.3) is 0 Å². The molecule has 0 spiro atoms. The number of nitrogens with one attached hydrogen (secondary N) is 1. The van der Waals surface area contributed by atoms with Gasteiger partial charge < -0.3 is 5.32 Å². The van der Waals surface area contributed by atoms with E-state index < -0.39 is 9.84 Å². The second-order valence-electron chi connectivity index (χ2n) is 4.07. The molecule has 0 fully saturated rings. The maximum absolute atomic E-state index is 11.7. The first-order valence-corrected chi connectivity index (χ1v) is 8.13. The van der Waals surface area contributed by atoms with E-state index in [-0.39, 0.29) is 11.7 Å². The average Bonchev–Trinajstić information content (AvgIpc) is 2.33. The Bertz CT molecular complexity index is 514. The van der Waals surface area contributed by atoms with Crippen LogP contribution in [-0.4, -0.2) is 32.9 Å². The van der Waals surface area contributed by atoms with Crippen LogP contribution in [0.1, 0.15) is 22.3 Å². The Kier molecular flexibility index (Phi) is 5.62. The van der Waals surface area contributed by atoms with E-state index in [1.54, 1.807) is 18.2 Å². The lowest BCUT2D eigenvalue weighted by Gasteiger charge is -2.05. The molecule has 0 aliphatic carbocycles. The number of hydrogen-bond acceptors (Lipinski definition) is 3. The molecular formula is C12H16ClNO3S. The van der Waals surface area contributed by atoms with Crippen molar-refractivity contribution in [1.29, 1.82) is 0 Å². The van der Waals surface area contributed by atoms with E-state index in [0.29, 0.717) is 24.4 Å². The van der Waals surface area contributed by atoms with Crippen molar-refractivity contribution in [3.8, 4) is 0 Å². The van der Waals surface area contributed by atoms with Crippen LogP contribution < -0.4 is 5.32 Å². The minimum absolute atomic E-state index is 0.0784. The molecule has 0 aromatic heterocycles. The molecule has 0 bridgehead atoms. The second kappa shape index (κ2) is 6.75. The van der Waals surface area contributed by atoms with E-state index in [1.807, 2.05) is 6.07 Å². The molecule has 0 heterocycles. The molecule has 0 saturated carbocycles. The van der Waals surface area contributed by atoms with E-state index in [1.165, 1.54) is 6.26 Å². The summed E-state index contributed by atoms with van der Waals surface area (Å²) in [5, 5.41) is 2.68. The summed E-state index contributed by atoms with van der Waals surface area (Å²) in [7, 11) is -2.97. The predicted octanol–water partition coefficient (Wildman–Crippen LogP) is 1.59. The van der Waals surface area contributed by atoms with Crippen LogP contribution in [0.5, 0.6) is 0 Å². The van der Waals surface area contributed by atoms with Crippen LogP contribution in [0.2, 0.25) is 0 Å². The first kappa shape index (κ1) is 15.0. The van der Waals surface area contributed by atoms with E-state index in [2.05, 4.69) is 5.32 Å². The summed E-state index contributed by atoms with van der Waals surface area (Å²) in [5.74, 6) is 0.222. The molecule has 0 aliphatic rings. The first-order valence-electron chi connectivity index (χ1n) is 5.53. The highest BCUT2D eigenvalue weighted by molar-refractivity contribution is 7.90. The van der Waals surface area contributed by atoms with Gasteiger partial charge in [0.2, 0.25) is 0 Å². The van der Waals surface area contributed by atoms with Gasteiger partial charge >= 0.3 is 0 Å². The van der Waals surface area contributed by atoms with Gasteiger partial charge in [-0.1, -0.05) is 12.1 Å². The lowest BCUT2D eigenvalue weighted by molar-refractivity contribution is 0.0953. The number of sulfone groups is 1. The molecular weight excluding hydrogens is 274 g/mol. The van der Waals surface area contributed by atoms with Gasteiger partial charge in [-0.2, -0.15) is 0 Å². The fraction of sp³-hybridized carbons (Fsp3) is 0.417. The Balaban J connectivity index is 2.45. The molecule has 1 aromatic rings. The third-order valence-electron chi connectivity index (χ3n) is 2.32. The molecule has 0 aliphatic heterocycles. The molecule has 0 atom stereocenters. The number of rotatable bonds is 6. The largest absolute Gasteiger partial charge is 0.352 e. The summed E-state index contributed by atoms with van der Waals surface area (Å²) in [5.41, 5.74) is 1.41. The van der Waals surface area contributed by atoms with Gasteiger partial charge in [0.15, 0.2) is 0 Å². The minimum atomic E-state index is -2.97. The van der Waals surface area contributed by atoms with Crippen LogP contribution >= 0.6 is 11.6 Å². The van der Waals surface area contributed by atoms with E-state index in [9.17, 15) is 13.2 Å². The summed E-state index contributed by atoms with van der Waals surface area (Å²) in [6.45, 7) is 0.344. The highest BCUT2D eigenvalue weighted by atomic mass is 35.5. The van der Waals surface area contributed by atoms with Gasteiger partial charge in [-0.25, -0.2) is 8.42 Å². The van der Waals surface area contributed by atoms with Crippen molar-refractivity contribution in [3.63, 3.8) is 0 Å². The van der Waals surface area contributed by atoms with Crippen LogP contribution in [0.15, 0.2) is 24.3 Å². The number of alkyl halides is 1. The summed E-state index contributed by atoms with van der Waals surface area (Å²) in [6.07, 6.45) is 1.60. The average molecular weight is 290 g/mol. The van der Waals surface area contributed by atoms with Gasteiger partial charge in [0.25, 0.3) is 5.91 Å².